The predicted octanol–water partition coefficient (Wildman–Crippen LogP) is 3.94. The van der Waals surface area contributed by atoms with Gasteiger partial charge < -0.3 is 5.73 Å². The SMILES string of the molecule is Nc1ccc(C2(C(=O)Cc3cc(Br)cs3)CC2)cc1. The van der Waals surface area contributed by atoms with Gasteiger partial charge in [0.25, 0.3) is 0 Å². The number of hydrogen-bond donors (Lipinski definition) is 1. The summed E-state index contributed by atoms with van der Waals surface area (Å²) in [4.78, 5) is 13.7. The van der Waals surface area contributed by atoms with Crippen LogP contribution in [0.5, 0.6) is 0 Å². The van der Waals surface area contributed by atoms with E-state index < -0.39 is 0 Å². The number of anilines is 1. The van der Waals surface area contributed by atoms with Crippen LogP contribution in [0.1, 0.15) is 23.3 Å². The molecular formula is C15H14BrNOS. The summed E-state index contributed by atoms with van der Waals surface area (Å²) < 4.78 is 1.05. The van der Waals surface area contributed by atoms with Gasteiger partial charge in [-0.1, -0.05) is 12.1 Å². The van der Waals surface area contributed by atoms with E-state index in [2.05, 4.69) is 15.9 Å². The maximum absolute atomic E-state index is 12.6. The van der Waals surface area contributed by atoms with E-state index in [1.165, 1.54) is 0 Å². The first-order chi connectivity index (χ1) is 9.10. The summed E-state index contributed by atoms with van der Waals surface area (Å²) in [6, 6.07) is 9.77. The van der Waals surface area contributed by atoms with Crippen LogP contribution < -0.4 is 5.73 Å². The number of rotatable bonds is 4. The van der Waals surface area contributed by atoms with Crippen LogP contribution >= 0.6 is 27.3 Å². The molecule has 0 amide bonds. The third kappa shape index (κ3) is 2.47. The second-order valence-electron chi connectivity index (χ2n) is 5.04. The Hall–Kier alpha value is -1.13. The highest BCUT2D eigenvalue weighted by atomic mass is 79.9. The maximum atomic E-state index is 12.6. The number of thiophene rings is 1. The molecule has 3 rings (SSSR count). The third-order valence-electron chi connectivity index (χ3n) is 3.70. The van der Waals surface area contributed by atoms with Crippen LogP contribution in [0.4, 0.5) is 5.69 Å². The van der Waals surface area contributed by atoms with Gasteiger partial charge in [-0.3, -0.25) is 4.79 Å². The van der Waals surface area contributed by atoms with Crippen LogP contribution in [-0.2, 0) is 16.6 Å². The maximum Gasteiger partial charge on any atom is 0.148 e. The lowest BCUT2D eigenvalue weighted by Crippen LogP contribution is -2.22. The predicted molar refractivity (Wildman–Crippen MR) is 82.5 cm³/mol. The molecule has 1 aromatic heterocycles. The molecule has 19 heavy (non-hydrogen) atoms. The van der Waals surface area contributed by atoms with Crippen LogP contribution in [0.3, 0.4) is 0 Å². The number of nitrogens with two attached hydrogens (primary N) is 1. The molecular weight excluding hydrogens is 322 g/mol. The summed E-state index contributed by atoms with van der Waals surface area (Å²) in [6.07, 6.45) is 2.45. The van der Waals surface area contributed by atoms with Crippen LogP contribution in [0.15, 0.2) is 40.2 Å². The first-order valence-electron chi connectivity index (χ1n) is 6.22. The van der Waals surface area contributed by atoms with Gasteiger partial charge in [0, 0.05) is 26.8 Å². The lowest BCUT2D eigenvalue weighted by atomic mass is 9.89. The Balaban J connectivity index is 1.81. The van der Waals surface area contributed by atoms with E-state index in [4.69, 9.17) is 5.73 Å². The van der Waals surface area contributed by atoms with E-state index in [1.54, 1.807) is 11.3 Å². The Bertz CT molecular complexity index is 613. The van der Waals surface area contributed by atoms with E-state index in [1.807, 2.05) is 35.7 Å². The summed E-state index contributed by atoms with van der Waals surface area (Å²) in [6.45, 7) is 0. The monoisotopic (exact) mass is 335 g/mol. The van der Waals surface area contributed by atoms with Crippen molar-refractivity contribution in [3.05, 3.63) is 50.6 Å². The van der Waals surface area contributed by atoms with Crippen molar-refractivity contribution in [2.75, 3.05) is 5.73 Å². The molecule has 2 aromatic rings. The molecule has 0 saturated heterocycles. The fraction of sp³-hybridized carbons (Fsp3) is 0.267. The van der Waals surface area contributed by atoms with E-state index >= 15 is 0 Å². The third-order valence-corrected chi connectivity index (χ3v) is 5.40. The van der Waals surface area contributed by atoms with E-state index in [9.17, 15) is 4.79 Å². The fourth-order valence-electron chi connectivity index (χ4n) is 2.43. The van der Waals surface area contributed by atoms with Crippen molar-refractivity contribution in [3.8, 4) is 0 Å². The van der Waals surface area contributed by atoms with Gasteiger partial charge in [0.15, 0.2) is 0 Å². The molecule has 1 heterocycles. The molecule has 2 N–H and O–H groups in total. The number of carbonyl (C=O) groups is 1. The van der Waals surface area contributed by atoms with Crippen molar-refractivity contribution in [2.24, 2.45) is 0 Å². The average molecular weight is 336 g/mol. The minimum absolute atomic E-state index is 0.246. The van der Waals surface area contributed by atoms with Crippen LogP contribution in [-0.4, -0.2) is 5.78 Å². The molecule has 4 heteroatoms. The van der Waals surface area contributed by atoms with Gasteiger partial charge in [0.1, 0.15) is 5.78 Å². The van der Waals surface area contributed by atoms with Crippen LogP contribution in [0.2, 0.25) is 0 Å². The first-order valence-corrected chi connectivity index (χ1v) is 7.90. The number of benzene rings is 1. The Labute approximate surface area is 124 Å². The molecule has 0 spiro atoms. The van der Waals surface area contributed by atoms with E-state index in [0.717, 1.165) is 33.4 Å². The van der Waals surface area contributed by atoms with Crippen molar-refractivity contribution in [1.82, 2.24) is 0 Å². The number of carbonyl (C=O) groups excluding carboxylic acids is 1. The Morgan fingerprint density at radius 1 is 1.32 bits per heavy atom. The zero-order valence-electron chi connectivity index (χ0n) is 10.4. The molecule has 0 bridgehead atoms. The average Bonchev–Trinajstić information content (AvgIpc) is 3.10. The highest BCUT2D eigenvalue weighted by molar-refractivity contribution is 9.10. The Morgan fingerprint density at radius 2 is 2.00 bits per heavy atom. The summed E-state index contributed by atoms with van der Waals surface area (Å²) in [5, 5.41) is 2.02. The highest BCUT2D eigenvalue weighted by Gasteiger charge is 2.50. The van der Waals surface area contributed by atoms with Gasteiger partial charge in [-0.15, -0.1) is 11.3 Å². The van der Waals surface area contributed by atoms with Crippen LogP contribution in [0, 0.1) is 0 Å². The normalized spacial score (nSPS) is 16.3. The van der Waals surface area contributed by atoms with Crippen LogP contribution in [0.25, 0.3) is 0 Å². The molecule has 1 aliphatic rings. The first kappa shape index (κ1) is 12.9. The summed E-state index contributed by atoms with van der Waals surface area (Å²) >= 11 is 5.06. The van der Waals surface area contributed by atoms with Gasteiger partial charge in [0.05, 0.1) is 5.41 Å². The molecule has 2 nitrogen and oxygen atoms in total. The van der Waals surface area contributed by atoms with E-state index in [0.29, 0.717) is 12.2 Å². The van der Waals surface area contributed by atoms with Gasteiger partial charge in [-0.2, -0.15) is 0 Å². The lowest BCUT2D eigenvalue weighted by Gasteiger charge is -2.14. The van der Waals surface area contributed by atoms with Crippen molar-refractivity contribution >= 4 is 38.7 Å². The molecule has 1 saturated carbocycles. The Kier molecular flexibility index (Phi) is 3.23. The zero-order chi connectivity index (χ0) is 13.5. The standard InChI is InChI=1S/C15H14BrNOS/c16-11-7-13(19-9-11)8-14(18)15(5-6-15)10-1-3-12(17)4-2-10/h1-4,7,9H,5-6,8,17H2. The van der Waals surface area contributed by atoms with Crippen molar-refractivity contribution in [3.63, 3.8) is 0 Å². The Morgan fingerprint density at radius 3 is 2.53 bits per heavy atom. The lowest BCUT2D eigenvalue weighted by molar-refractivity contribution is -0.120. The van der Waals surface area contributed by atoms with E-state index in [-0.39, 0.29) is 5.41 Å². The second-order valence-corrected chi connectivity index (χ2v) is 6.95. The molecule has 1 aliphatic carbocycles. The van der Waals surface area contributed by atoms with Crippen molar-refractivity contribution in [2.45, 2.75) is 24.7 Å². The summed E-state index contributed by atoms with van der Waals surface area (Å²) in [5.74, 6) is 0.326. The fourth-order valence-corrected chi connectivity index (χ4v) is 3.88. The minimum Gasteiger partial charge on any atom is -0.399 e. The molecule has 0 radical (unpaired) electrons. The number of nitrogen functional groups attached to an aromatic ring is 1. The van der Waals surface area contributed by atoms with Crippen molar-refractivity contribution in [1.29, 1.82) is 0 Å². The van der Waals surface area contributed by atoms with Gasteiger partial charge in [-0.05, 0) is 52.5 Å². The molecule has 0 unspecified atom stereocenters. The molecule has 98 valence electrons. The second kappa shape index (κ2) is 4.76. The number of hydrogen-bond acceptors (Lipinski definition) is 3. The summed E-state index contributed by atoms with van der Waals surface area (Å²) in [7, 11) is 0. The molecule has 1 fully saturated rings. The minimum atomic E-state index is -0.246. The zero-order valence-corrected chi connectivity index (χ0v) is 12.8. The van der Waals surface area contributed by atoms with Gasteiger partial charge in [-0.25, -0.2) is 0 Å². The molecule has 0 atom stereocenters. The molecule has 0 aliphatic heterocycles. The number of Topliss-reactive ketones (excluding diaryl/α,β-unsaturated/α-hetero) is 1. The van der Waals surface area contributed by atoms with Gasteiger partial charge >= 0.3 is 0 Å². The summed E-state index contributed by atoms with van der Waals surface area (Å²) in [5.41, 5.74) is 7.32. The topological polar surface area (TPSA) is 43.1 Å². The molecule has 1 aromatic carbocycles. The van der Waals surface area contributed by atoms with Gasteiger partial charge in [0.2, 0.25) is 0 Å². The quantitative estimate of drug-likeness (QED) is 0.860. The van der Waals surface area contributed by atoms with Crippen molar-refractivity contribution < 1.29 is 4.79 Å². The number of ketones is 1. The highest BCUT2D eigenvalue weighted by Crippen LogP contribution is 2.49. The smallest absolute Gasteiger partial charge is 0.148 e. The largest absolute Gasteiger partial charge is 0.399 e. The number of halogens is 1.